The van der Waals surface area contributed by atoms with Gasteiger partial charge in [-0.1, -0.05) is 38.1 Å². The van der Waals surface area contributed by atoms with E-state index in [-0.39, 0.29) is 0 Å². The lowest BCUT2D eigenvalue weighted by molar-refractivity contribution is 0.111. The average Bonchev–Trinajstić information content (AvgIpc) is 2.88. The summed E-state index contributed by atoms with van der Waals surface area (Å²) in [5, 5.41) is 12.2. The maximum absolute atomic E-state index is 8.70. The van der Waals surface area contributed by atoms with E-state index in [4.69, 9.17) is 10.4 Å². The van der Waals surface area contributed by atoms with Gasteiger partial charge < -0.3 is 5.32 Å². The minimum absolute atomic E-state index is 0.412. The number of benzene rings is 1. The molecular weight excluding hydrogens is 432 g/mol. The molecule has 6 heteroatoms. The number of anilines is 1. The highest BCUT2D eigenvalue weighted by molar-refractivity contribution is 6.29. The van der Waals surface area contributed by atoms with E-state index in [1.54, 1.807) is 0 Å². The Morgan fingerprint density at radius 2 is 1.89 bits per heavy atom. The molecule has 3 heterocycles. The Bertz CT molecular complexity index is 1180. The number of nitrogens with zero attached hydrogens (tertiary/aromatic N) is 4. The van der Waals surface area contributed by atoms with Crippen molar-refractivity contribution in [1.29, 1.82) is 5.41 Å². The molecule has 184 valence electrons. The number of nitrogens with one attached hydrogen (secondary N) is 2. The molecule has 6 nitrogen and oxygen atoms in total. The van der Waals surface area contributed by atoms with Gasteiger partial charge in [-0.2, -0.15) is 0 Å². The van der Waals surface area contributed by atoms with Gasteiger partial charge in [-0.15, -0.1) is 0 Å². The second-order valence-electron chi connectivity index (χ2n) is 9.66. The topological polar surface area (TPSA) is 68.1 Å². The first-order valence-electron chi connectivity index (χ1n) is 12.8. The molecule has 2 aromatic heterocycles. The third kappa shape index (κ3) is 6.32. The summed E-state index contributed by atoms with van der Waals surface area (Å²) in [6.07, 6.45) is 3.97. The molecule has 4 rings (SSSR count). The summed E-state index contributed by atoms with van der Waals surface area (Å²) in [4.78, 5) is 14.4. The van der Waals surface area contributed by atoms with Gasteiger partial charge >= 0.3 is 0 Å². The Morgan fingerprint density at radius 1 is 1.09 bits per heavy atom. The van der Waals surface area contributed by atoms with Crippen LogP contribution in [0, 0.1) is 5.41 Å². The predicted molar refractivity (Wildman–Crippen MR) is 147 cm³/mol. The van der Waals surface area contributed by atoms with Crippen molar-refractivity contribution in [3.05, 3.63) is 72.1 Å². The molecule has 0 saturated carbocycles. The summed E-state index contributed by atoms with van der Waals surface area (Å²) < 4.78 is 0. The number of piperazine rings is 1. The lowest BCUT2D eigenvalue weighted by atomic mass is 9.98. The molecule has 2 N–H and O–H groups in total. The molecule has 0 spiro atoms. The van der Waals surface area contributed by atoms with Crippen molar-refractivity contribution in [2.45, 2.75) is 39.7 Å². The molecule has 0 bridgehead atoms. The third-order valence-electron chi connectivity index (χ3n) is 6.80. The smallest absolute Gasteiger partial charge is 0.0914 e. The van der Waals surface area contributed by atoms with E-state index in [0.717, 1.165) is 74.4 Å². The molecule has 1 fully saturated rings. The number of aromatic nitrogens is 2. The Labute approximate surface area is 209 Å². The van der Waals surface area contributed by atoms with Crippen molar-refractivity contribution >= 4 is 28.0 Å². The van der Waals surface area contributed by atoms with Crippen LogP contribution in [0.2, 0.25) is 0 Å². The summed E-state index contributed by atoms with van der Waals surface area (Å²) in [6.45, 7) is 17.3. The molecule has 1 aliphatic heterocycles. The first-order valence-corrected chi connectivity index (χ1v) is 12.8. The van der Waals surface area contributed by atoms with Gasteiger partial charge in [0.1, 0.15) is 0 Å². The fourth-order valence-corrected chi connectivity index (χ4v) is 4.61. The molecule has 0 unspecified atom stereocenters. The molecule has 0 atom stereocenters. The standard InChI is InChI=1S/C29H38N6/c1-5-7-23-8-6-9-24(18-23)29(30)22(4)26-10-11-27-28(33-26)19-25(20-32-27)31-12-13-34-14-16-35(17-15-34)21(2)3/h6,8-11,18-21,30-31H,4-5,7,12-17H2,1-3H3. The Kier molecular flexibility index (Phi) is 8.26. The zero-order valence-electron chi connectivity index (χ0n) is 21.3. The maximum atomic E-state index is 8.70. The minimum atomic E-state index is 0.412. The van der Waals surface area contributed by atoms with Crippen molar-refractivity contribution in [3.63, 3.8) is 0 Å². The van der Waals surface area contributed by atoms with Crippen molar-refractivity contribution in [1.82, 2.24) is 19.8 Å². The van der Waals surface area contributed by atoms with E-state index < -0.39 is 0 Å². The van der Waals surface area contributed by atoms with Crippen LogP contribution in [-0.2, 0) is 6.42 Å². The van der Waals surface area contributed by atoms with Crippen LogP contribution in [0.3, 0.4) is 0 Å². The number of fused-ring (bicyclic) bond motifs is 1. The van der Waals surface area contributed by atoms with Crippen LogP contribution in [0.25, 0.3) is 16.6 Å². The summed E-state index contributed by atoms with van der Waals surface area (Å²) in [5.74, 6) is 0. The van der Waals surface area contributed by atoms with Crippen LogP contribution in [0.1, 0.15) is 44.0 Å². The molecule has 1 saturated heterocycles. The van der Waals surface area contributed by atoms with Gasteiger partial charge in [0.25, 0.3) is 0 Å². The average molecular weight is 471 g/mol. The maximum Gasteiger partial charge on any atom is 0.0914 e. The molecular formula is C29H38N6. The number of hydrogen-bond acceptors (Lipinski definition) is 6. The van der Waals surface area contributed by atoms with Gasteiger partial charge in [0.2, 0.25) is 0 Å². The highest BCUT2D eigenvalue weighted by Crippen LogP contribution is 2.22. The van der Waals surface area contributed by atoms with Gasteiger partial charge in [-0.05, 0) is 50.1 Å². The Balaban J connectivity index is 1.39. The number of hydrogen-bond donors (Lipinski definition) is 2. The first-order chi connectivity index (χ1) is 16.9. The van der Waals surface area contributed by atoms with Crippen molar-refractivity contribution < 1.29 is 0 Å². The summed E-state index contributed by atoms with van der Waals surface area (Å²) in [5.41, 5.74) is 6.50. The van der Waals surface area contributed by atoms with Crippen LogP contribution >= 0.6 is 0 Å². The lowest BCUT2D eigenvalue weighted by Gasteiger charge is -2.36. The van der Waals surface area contributed by atoms with E-state index in [9.17, 15) is 0 Å². The van der Waals surface area contributed by atoms with Crippen LogP contribution in [0.5, 0.6) is 0 Å². The van der Waals surface area contributed by atoms with E-state index in [0.29, 0.717) is 23.0 Å². The van der Waals surface area contributed by atoms with Crippen molar-refractivity contribution in [2.75, 3.05) is 44.6 Å². The quantitative estimate of drug-likeness (QED) is 0.404. The Morgan fingerprint density at radius 3 is 2.63 bits per heavy atom. The summed E-state index contributed by atoms with van der Waals surface area (Å²) >= 11 is 0. The number of pyridine rings is 2. The van der Waals surface area contributed by atoms with Gasteiger partial charge in [0.05, 0.1) is 34.3 Å². The molecule has 0 aliphatic carbocycles. The summed E-state index contributed by atoms with van der Waals surface area (Å²) in [7, 11) is 0. The molecule has 0 amide bonds. The van der Waals surface area contributed by atoms with E-state index >= 15 is 0 Å². The molecule has 1 aromatic carbocycles. The van der Waals surface area contributed by atoms with Crippen molar-refractivity contribution in [3.8, 4) is 0 Å². The largest absolute Gasteiger partial charge is 0.382 e. The van der Waals surface area contributed by atoms with Crippen LogP contribution in [0.15, 0.2) is 55.2 Å². The van der Waals surface area contributed by atoms with Gasteiger partial charge in [0.15, 0.2) is 0 Å². The fraction of sp³-hybridized carbons (Fsp3) is 0.414. The lowest BCUT2D eigenvalue weighted by Crippen LogP contribution is -2.49. The van der Waals surface area contributed by atoms with Crippen molar-refractivity contribution in [2.24, 2.45) is 0 Å². The number of aryl methyl sites for hydroxylation is 1. The van der Waals surface area contributed by atoms with Gasteiger partial charge in [-0.25, -0.2) is 4.98 Å². The van der Waals surface area contributed by atoms with Crippen LogP contribution in [-0.4, -0.2) is 70.8 Å². The van der Waals surface area contributed by atoms with E-state index in [2.05, 4.69) is 59.6 Å². The Hall–Kier alpha value is -3.09. The highest BCUT2D eigenvalue weighted by Gasteiger charge is 2.18. The van der Waals surface area contributed by atoms with Crippen LogP contribution in [0.4, 0.5) is 5.69 Å². The number of rotatable bonds is 10. The zero-order valence-corrected chi connectivity index (χ0v) is 21.3. The highest BCUT2D eigenvalue weighted by atomic mass is 15.3. The van der Waals surface area contributed by atoms with Gasteiger partial charge in [-0.3, -0.25) is 20.2 Å². The SMILES string of the molecule is C=C(C(=N)c1cccc(CCC)c1)c1ccc2ncc(NCCN3CCN(C(C)C)CC3)cc2n1. The predicted octanol–water partition coefficient (Wildman–Crippen LogP) is 5.10. The molecule has 1 aliphatic rings. The zero-order chi connectivity index (χ0) is 24.8. The second-order valence-corrected chi connectivity index (χ2v) is 9.66. The van der Waals surface area contributed by atoms with E-state index in [1.165, 1.54) is 5.56 Å². The fourth-order valence-electron chi connectivity index (χ4n) is 4.61. The molecule has 3 aromatic rings. The molecule has 0 radical (unpaired) electrons. The third-order valence-corrected chi connectivity index (χ3v) is 6.80. The second kappa shape index (κ2) is 11.6. The first kappa shape index (κ1) is 25.0. The molecule has 35 heavy (non-hydrogen) atoms. The number of allylic oxidation sites excluding steroid dienone is 1. The summed E-state index contributed by atoms with van der Waals surface area (Å²) in [6, 6.07) is 14.7. The normalized spacial score (nSPS) is 15.0. The van der Waals surface area contributed by atoms with Gasteiger partial charge in [0, 0.05) is 56.4 Å². The van der Waals surface area contributed by atoms with E-state index in [1.807, 2.05) is 36.5 Å². The monoisotopic (exact) mass is 470 g/mol. The van der Waals surface area contributed by atoms with Crippen LogP contribution < -0.4 is 5.32 Å². The minimum Gasteiger partial charge on any atom is -0.382 e.